The van der Waals surface area contributed by atoms with Crippen LogP contribution in [0.1, 0.15) is 72.0 Å². The van der Waals surface area contributed by atoms with Crippen molar-refractivity contribution in [2.24, 2.45) is 5.92 Å². The van der Waals surface area contributed by atoms with Gasteiger partial charge in [-0.2, -0.15) is 0 Å². The Bertz CT molecular complexity index is 1300. The molecular formula is C35H42FN3O3. The highest BCUT2D eigenvalue weighted by atomic mass is 19.1. The summed E-state index contributed by atoms with van der Waals surface area (Å²) in [7, 11) is 1.63. The second-order valence-corrected chi connectivity index (χ2v) is 11.7. The van der Waals surface area contributed by atoms with Crippen LogP contribution in [0.4, 0.5) is 4.39 Å². The molecule has 2 fully saturated rings. The second-order valence-electron chi connectivity index (χ2n) is 11.7. The molecule has 7 heteroatoms. The molecule has 3 aromatic rings. The zero-order valence-electron chi connectivity index (χ0n) is 24.6. The molecule has 0 aromatic heterocycles. The Hall–Kier alpha value is -3.71. The molecule has 1 heterocycles. The summed E-state index contributed by atoms with van der Waals surface area (Å²) in [6.07, 6.45) is 7.21. The number of nitrogens with zero attached hydrogens (tertiary/aromatic N) is 2. The van der Waals surface area contributed by atoms with Crippen LogP contribution >= 0.6 is 0 Å². The summed E-state index contributed by atoms with van der Waals surface area (Å²) in [6, 6.07) is 22.2. The summed E-state index contributed by atoms with van der Waals surface area (Å²) in [5.74, 6) is 1.19. The zero-order valence-corrected chi connectivity index (χ0v) is 24.6. The Kier molecular flexibility index (Phi) is 10.2. The van der Waals surface area contributed by atoms with E-state index < -0.39 is 0 Å². The molecule has 0 radical (unpaired) electrons. The molecule has 2 aliphatic rings. The highest BCUT2D eigenvalue weighted by molar-refractivity contribution is 5.94. The molecule has 2 amide bonds. The lowest BCUT2D eigenvalue weighted by Gasteiger charge is -2.39. The molecule has 1 N–H and O–H groups in total. The number of halogens is 1. The van der Waals surface area contributed by atoms with Crippen molar-refractivity contribution in [1.29, 1.82) is 0 Å². The van der Waals surface area contributed by atoms with Gasteiger partial charge in [0.25, 0.3) is 5.91 Å². The highest BCUT2D eigenvalue weighted by Crippen LogP contribution is 2.30. The molecule has 0 spiro atoms. The lowest BCUT2D eigenvalue weighted by Crippen LogP contribution is -2.47. The number of carbonyl (C=O) groups is 2. The Morgan fingerprint density at radius 1 is 0.857 bits per heavy atom. The molecule has 0 bridgehead atoms. The van der Waals surface area contributed by atoms with E-state index >= 15 is 0 Å². The van der Waals surface area contributed by atoms with Gasteiger partial charge in [-0.05, 0) is 84.7 Å². The van der Waals surface area contributed by atoms with E-state index in [4.69, 9.17) is 4.74 Å². The first-order chi connectivity index (χ1) is 20.5. The van der Waals surface area contributed by atoms with Crippen LogP contribution in [0.3, 0.4) is 0 Å². The Morgan fingerprint density at radius 3 is 2.12 bits per heavy atom. The number of ether oxygens (including phenoxy) is 1. The lowest BCUT2D eigenvalue weighted by molar-refractivity contribution is -0.136. The van der Waals surface area contributed by atoms with E-state index in [1.807, 2.05) is 60.7 Å². The standard InChI is InChI=1S/C35H42FN3O3/c1-42-33-16-10-27(11-17-33)23-37-35(41)30-12-6-29(7-13-30)25-39(34(40)22-26-4-2-3-5-26)32-18-20-38(21-19-32)24-28-8-14-31(36)15-9-28/h6-17,26,32H,2-5,18-25H2,1H3,(H,37,41). The molecule has 0 atom stereocenters. The SMILES string of the molecule is COc1ccc(CNC(=O)c2ccc(CN(C(=O)CC3CCCC3)C3CCN(Cc4ccc(F)cc4)CC3)cc2)cc1. The van der Waals surface area contributed by atoms with Gasteiger partial charge in [-0.25, -0.2) is 4.39 Å². The summed E-state index contributed by atoms with van der Waals surface area (Å²) in [4.78, 5) is 30.9. The fourth-order valence-electron chi connectivity index (χ4n) is 6.22. The Labute approximate surface area is 248 Å². The van der Waals surface area contributed by atoms with Crippen LogP contribution in [0.5, 0.6) is 5.75 Å². The number of piperidine rings is 1. The first-order valence-corrected chi connectivity index (χ1v) is 15.2. The van der Waals surface area contributed by atoms with Crippen molar-refractivity contribution in [3.05, 3.63) is 101 Å². The van der Waals surface area contributed by atoms with Gasteiger partial charge < -0.3 is 15.0 Å². The van der Waals surface area contributed by atoms with Gasteiger partial charge >= 0.3 is 0 Å². The maximum absolute atomic E-state index is 13.6. The maximum atomic E-state index is 13.6. The monoisotopic (exact) mass is 571 g/mol. The van der Waals surface area contributed by atoms with E-state index in [2.05, 4.69) is 15.1 Å². The van der Waals surface area contributed by atoms with Crippen LogP contribution in [0.15, 0.2) is 72.8 Å². The minimum Gasteiger partial charge on any atom is -0.497 e. The van der Waals surface area contributed by atoms with Crippen molar-refractivity contribution in [3.8, 4) is 5.75 Å². The highest BCUT2D eigenvalue weighted by Gasteiger charge is 2.30. The minimum absolute atomic E-state index is 0.125. The number of hydrogen-bond acceptors (Lipinski definition) is 4. The summed E-state index contributed by atoms with van der Waals surface area (Å²) in [5.41, 5.74) is 3.75. The van der Waals surface area contributed by atoms with Crippen LogP contribution < -0.4 is 10.1 Å². The van der Waals surface area contributed by atoms with Gasteiger partial charge in [0, 0.05) is 50.7 Å². The van der Waals surface area contributed by atoms with Crippen molar-refractivity contribution in [3.63, 3.8) is 0 Å². The number of amides is 2. The molecule has 42 heavy (non-hydrogen) atoms. The van der Waals surface area contributed by atoms with Gasteiger partial charge in [-0.3, -0.25) is 14.5 Å². The maximum Gasteiger partial charge on any atom is 0.251 e. The predicted molar refractivity (Wildman–Crippen MR) is 162 cm³/mol. The quantitative estimate of drug-likeness (QED) is 0.292. The number of methoxy groups -OCH3 is 1. The topological polar surface area (TPSA) is 61.9 Å². The molecule has 6 nitrogen and oxygen atoms in total. The van der Waals surface area contributed by atoms with Crippen molar-refractivity contribution in [1.82, 2.24) is 15.1 Å². The fraction of sp³-hybridized carbons (Fsp3) is 0.429. The molecule has 1 aliphatic heterocycles. The molecule has 222 valence electrons. The van der Waals surface area contributed by atoms with Gasteiger partial charge in [0.05, 0.1) is 7.11 Å². The summed E-state index contributed by atoms with van der Waals surface area (Å²) >= 11 is 0. The van der Waals surface area contributed by atoms with E-state index in [1.165, 1.54) is 25.0 Å². The van der Waals surface area contributed by atoms with E-state index in [0.717, 1.165) is 67.8 Å². The first-order valence-electron chi connectivity index (χ1n) is 15.2. The number of hydrogen-bond donors (Lipinski definition) is 1. The third-order valence-corrected chi connectivity index (χ3v) is 8.76. The zero-order chi connectivity index (χ0) is 29.3. The van der Waals surface area contributed by atoms with Gasteiger partial charge in [0.15, 0.2) is 0 Å². The summed E-state index contributed by atoms with van der Waals surface area (Å²) < 4.78 is 18.5. The largest absolute Gasteiger partial charge is 0.497 e. The number of benzene rings is 3. The summed E-state index contributed by atoms with van der Waals surface area (Å²) in [6.45, 7) is 3.60. The van der Waals surface area contributed by atoms with Gasteiger partial charge in [0.1, 0.15) is 11.6 Å². The lowest BCUT2D eigenvalue weighted by atomic mass is 9.98. The van der Waals surface area contributed by atoms with Crippen molar-refractivity contribution in [2.45, 2.75) is 70.6 Å². The van der Waals surface area contributed by atoms with Crippen molar-refractivity contribution >= 4 is 11.8 Å². The average molecular weight is 572 g/mol. The van der Waals surface area contributed by atoms with Gasteiger partial charge in [-0.1, -0.05) is 49.2 Å². The van der Waals surface area contributed by atoms with Gasteiger partial charge in [-0.15, -0.1) is 0 Å². The van der Waals surface area contributed by atoms with E-state index in [0.29, 0.717) is 31.0 Å². The molecular weight excluding hydrogens is 529 g/mol. The molecule has 5 rings (SSSR count). The molecule has 1 aliphatic carbocycles. The number of rotatable bonds is 11. The normalized spacial score (nSPS) is 16.3. The van der Waals surface area contributed by atoms with Crippen molar-refractivity contribution < 1.29 is 18.7 Å². The van der Waals surface area contributed by atoms with Crippen LogP contribution in [0.2, 0.25) is 0 Å². The van der Waals surface area contributed by atoms with Crippen LogP contribution in [-0.2, 0) is 24.4 Å². The molecule has 1 saturated heterocycles. The fourth-order valence-corrected chi connectivity index (χ4v) is 6.22. The number of carbonyl (C=O) groups excluding carboxylic acids is 2. The molecule has 3 aromatic carbocycles. The van der Waals surface area contributed by atoms with E-state index in [-0.39, 0.29) is 23.7 Å². The number of nitrogens with one attached hydrogen (secondary N) is 1. The van der Waals surface area contributed by atoms with E-state index in [9.17, 15) is 14.0 Å². The van der Waals surface area contributed by atoms with Crippen LogP contribution in [0.25, 0.3) is 0 Å². The Balaban J connectivity index is 1.19. The first kappa shape index (κ1) is 29.8. The Morgan fingerprint density at radius 2 is 1.48 bits per heavy atom. The minimum atomic E-state index is -0.212. The summed E-state index contributed by atoms with van der Waals surface area (Å²) in [5, 5.41) is 2.98. The van der Waals surface area contributed by atoms with Crippen molar-refractivity contribution in [2.75, 3.05) is 20.2 Å². The van der Waals surface area contributed by atoms with Crippen LogP contribution in [-0.4, -0.2) is 47.9 Å². The predicted octanol–water partition coefficient (Wildman–Crippen LogP) is 6.34. The van der Waals surface area contributed by atoms with Crippen LogP contribution in [0, 0.1) is 11.7 Å². The van der Waals surface area contributed by atoms with E-state index in [1.54, 1.807) is 7.11 Å². The average Bonchev–Trinajstić information content (AvgIpc) is 3.54. The molecule has 0 unspecified atom stereocenters. The third kappa shape index (κ3) is 8.19. The number of likely N-dealkylation sites (tertiary alicyclic amines) is 1. The second kappa shape index (κ2) is 14.5. The molecule has 1 saturated carbocycles. The van der Waals surface area contributed by atoms with Gasteiger partial charge in [0.2, 0.25) is 5.91 Å². The third-order valence-electron chi connectivity index (χ3n) is 8.76. The smallest absolute Gasteiger partial charge is 0.251 e.